The minimum Gasteiger partial charge on any atom is -0.0885 e. The van der Waals surface area contributed by atoms with Crippen molar-refractivity contribution in [2.45, 2.75) is 245 Å². The van der Waals surface area contributed by atoms with Crippen molar-refractivity contribution < 1.29 is 0 Å². The second-order valence-corrected chi connectivity index (χ2v) is 14.0. The number of hydrogen-bond donors (Lipinski definition) is 0. The van der Waals surface area contributed by atoms with Gasteiger partial charge in [0.15, 0.2) is 0 Å². The van der Waals surface area contributed by atoms with Gasteiger partial charge in [0, 0.05) is 0 Å². The summed E-state index contributed by atoms with van der Waals surface area (Å²) in [6, 6.07) is 0. The highest BCUT2D eigenvalue weighted by Crippen LogP contribution is 2.19. The lowest BCUT2D eigenvalue weighted by Gasteiger charge is -2.11. The maximum absolute atomic E-state index is 2.50. The van der Waals surface area contributed by atoms with Crippen LogP contribution < -0.4 is 0 Å². The van der Waals surface area contributed by atoms with E-state index in [2.05, 4.69) is 32.9 Å². The van der Waals surface area contributed by atoms with Crippen LogP contribution in [0.4, 0.5) is 0 Å². The molecule has 0 heteroatoms. The summed E-state index contributed by atoms with van der Waals surface area (Å²) in [5.41, 5.74) is 0. The van der Waals surface area contributed by atoms with Crippen LogP contribution >= 0.6 is 0 Å². The third kappa shape index (κ3) is 37.7. The third-order valence-corrected chi connectivity index (χ3v) is 9.51. The Hall–Kier alpha value is -0.260. The van der Waals surface area contributed by atoms with Gasteiger partial charge in [0.25, 0.3) is 0 Å². The lowest BCUT2D eigenvalue weighted by atomic mass is 9.95. The molecule has 0 heterocycles. The van der Waals surface area contributed by atoms with Gasteiger partial charge >= 0.3 is 0 Å². The zero-order valence-corrected chi connectivity index (χ0v) is 29.5. The summed E-state index contributed by atoms with van der Waals surface area (Å²) in [4.78, 5) is 0. The molecule has 0 aliphatic carbocycles. The quantitative estimate of drug-likeness (QED) is 0.0515. The van der Waals surface area contributed by atoms with Gasteiger partial charge in [-0.15, -0.1) is 0 Å². The first-order valence-corrected chi connectivity index (χ1v) is 20.0. The van der Waals surface area contributed by atoms with Crippen LogP contribution in [0.3, 0.4) is 0 Å². The topological polar surface area (TPSA) is 0 Å². The van der Waals surface area contributed by atoms with Crippen LogP contribution in [0.25, 0.3) is 0 Å². The fraction of sp³-hybridized carbons (Fsp3) is 0.951. The summed E-state index contributed by atoms with van der Waals surface area (Å²) in [5, 5.41) is 0. The lowest BCUT2D eigenvalue weighted by Crippen LogP contribution is -1.95. The van der Waals surface area contributed by atoms with E-state index in [0.29, 0.717) is 0 Å². The summed E-state index contributed by atoms with van der Waals surface area (Å²) in [5.74, 6) is 0.958. The average Bonchev–Trinajstić information content (AvgIpc) is 2.98. The normalized spacial score (nSPS) is 12.6. The van der Waals surface area contributed by atoms with Crippen LogP contribution in [-0.4, -0.2) is 0 Å². The molecule has 0 spiro atoms. The SMILES string of the molecule is CCCCCCCCCCCCCCC/C=C/CCCCCCCCCC(C)CCCCCCCCCCCCC. The first-order valence-electron chi connectivity index (χ1n) is 20.0. The zero-order chi connectivity index (χ0) is 29.7. The predicted molar refractivity (Wildman–Crippen MR) is 191 cm³/mol. The van der Waals surface area contributed by atoms with Crippen molar-refractivity contribution in [2.75, 3.05) is 0 Å². The first-order chi connectivity index (χ1) is 20.3. The van der Waals surface area contributed by atoms with Gasteiger partial charge < -0.3 is 0 Å². The molecule has 0 N–H and O–H groups in total. The Labute approximate surface area is 263 Å². The molecular weight excluding hydrogens is 492 g/mol. The second kappa shape index (κ2) is 37.8. The minimum atomic E-state index is 0.958. The van der Waals surface area contributed by atoms with E-state index in [0.717, 1.165) is 5.92 Å². The number of rotatable bonds is 36. The van der Waals surface area contributed by atoms with E-state index >= 15 is 0 Å². The molecule has 0 aromatic heterocycles. The first kappa shape index (κ1) is 40.7. The average molecular weight is 575 g/mol. The fourth-order valence-corrected chi connectivity index (χ4v) is 6.46. The summed E-state index contributed by atoms with van der Waals surface area (Å²) in [7, 11) is 0. The Morgan fingerprint density at radius 2 is 0.512 bits per heavy atom. The molecule has 0 saturated carbocycles. The molecule has 0 nitrogen and oxygen atoms in total. The molecule has 0 bridgehead atoms. The van der Waals surface area contributed by atoms with Crippen LogP contribution in [0, 0.1) is 5.92 Å². The standard InChI is InChI=1S/C41H82/c1-4-6-8-10-12-14-16-17-18-19-20-21-22-23-24-25-26-27-28-30-32-34-36-38-40-41(3)39-37-35-33-31-29-15-13-11-9-7-5-2/h24-25,41H,4-23,26-40H2,1-3H3/b25-24+. The van der Waals surface area contributed by atoms with Crippen molar-refractivity contribution in [3.63, 3.8) is 0 Å². The van der Waals surface area contributed by atoms with E-state index in [9.17, 15) is 0 Å². The van der Waals surface area contributed by atoms with Gasteiger partial charge in [0.1, 0.15) is 0 Å². The van der Waals surface area contributed by atoms with E-state index in [1.807, 2.05) is 0 Å². The van der Waals surface area contributed by atoms with Crippen molar-refractivity contribution in [2.24, 2.45) is 5.92 Å². The van der Waals surface area contributed by atoms with Gasteiger partial charge in [-0.3, -0.25) is 0 Å². The van der Waals surface area contributed by atoms with E-state index < -0.39 is 0 Å². The Kier molecular flexibility index (Phi) is 37.5. The summed E-state index contributed by atoms with van der Waals surface area (Å²) < 4.78 is 0. The second-order valence-electron chi connectivity index (χ2n) is 14.0. The Bertz CT molecular complexity index is 463. The maximum Gasteiger partial charge on any atom is -0.0351 e. The molecule has 0 amide bonds. The lowest BCUT2D eigenvalue weighted by molar-refractivity contribution is 0.430. The number of unbranched alkanes of at least 4 members (excludes halogenated alkanes) is 30. The molecule has 0 aliphatic heterocycles. The van der Waals surface area contributed by atoms with E-state index in [1.165, 1.54) is 225 Å². The van der Waals surface area contributed by atoms with Gasteiger partial charge in [-0.05, 0) is 31.6 Å². The molecule has 0 fully saturated rings. The van der Waals surface area contributed by atoms with E-state index in [-0.39, 0.29) is 0 Å². The zero-order valence-electron chi connectivity index (χ0n) is 29.5. The maximum atomic E-state index is 2.50. The Morgan fingerprint density at radius 3 is 0.780 bits per heavy atom. The number of allylic oxidation sites excluding steroid dienone is 2. The molecule has 0 aromatic rings. The van der Waals surface area contributed by atoms with Gasteiger partial charge in [-0.25, -0.2) is 0 Å². The molecule has 0 aromatic carbocycles. The molecule has 1 atom stereocenters. The summed E-state index contributed by atoms with van der Waals surface area (Å²) >= 11 is 0. The van der Waals surface area contributed by atoms with E-state index in [1.54, 1.807) is 0 Å². The van der Waals surface area contributed by atoms with Crippen LogP contribution in [0.1, 0.15) is 245 Å². The van der Waals surface area contributed by atoms with Crippen molar-refractivity contribution in [3.05, 3.63) is 12.2 Å². The molecule has 0 saturated heterocycles. The van der Waals surface area contributed by atoms with Crippen molar-refractivity contribution in [1.29, 1.82) is 0 Å². The predicted octanol–water partition coefficient (Wildman–Crippen LogP) is 15.9. The van der Waals surface area contributed by atoms with Gasteiger partial charge in [0.2, 0.25) is 0 Å². The van der Waals surface area contributed by atoms with Crippen LogP contribution in [0.2, 0.25) is 0 Å². The van der Waals surface area contributed by atoms with Crippen molar-refractivity contribution in [1.82, 2.24) is 0 Å². The van der Waals surface area contributed by atoms with E-state index in [4.69, 9.17) is 0 Å². The molecule has 0 aliphatic rings. The number of hydrogen-bond acceptors (Lipinski definition) is 0. The molecular formula is C41H82. The molecule has 0 rings (SSSR count). The Balaban J connectivity index is 3.18. The third-order valence-electron chi connectivity index (χ3n) is 9.51. The monoisotopic (exact) mass is 575 g/mol. The van der Waals surface area contributed by atoms with Crippen LogP contribution in [0.5, 0.6) is 0 Å². The highest BCUT2D eigenvalue weighted by molar-refractivity contribution is 4.81. The van der Waals surface area contributed by atoms with Crippen molar-refractivity contribution >= 4 is 0 Å². The summed E-state index contributed by atoms with van der Waals surface area (Å²) in [6.45, 7) is 7.12. The van der Waals surface area contributed by atoms with Crippen LogP contribution in [0.15, 0.2) is 12.2 Å². The molecule has 0 radical (unpaired) electrons. The largest absolute Gasteiger partial charge is 0.0885 e. The molecule has 41 heavy (non-hydrogen) atoms. The molecule has 246 valence electrons. The van der Waals surface area contributed by atoms with Gasteiger partial charge in [-0.1, -0.05) is 232 Å². The van der Waals surface area contributed by atoms with Gasteiger partial charge in [-0.2, -0.15) is 0 Å². The minimum absolute atomic E-state index is 0.958. The Morgan fingerprint density at radius 1 is 0.293 bits per heavy atom. The molecule has 1 unspecified atom stereocenters. The highest BCUT2D eigenvalue weighted by atomic mass is 14.1. The highest BCUT2D eigenvalue weighted by Gasteiger charge is 2.02. The van der Waals surface area contributed by atoms with Crippen LogP contribution in [-0.2, 0) is 0 Å². The summed E-state index contributed by atoms with van der Waals surface area (Å²) in [6.07, 6.45) is 55.8. The van der Waals surface area contributed by atoms with Gasteiger partial charge in [0.05, 0.1) is 0 Å². The van der Waals surface area contributed by atoms with Crippen molar-refractivity contribution in [3.8, 4) is 0 Å². The smallest absolute Gasteiger partial charge is 0.0351 e. The fourth-order valence-electron chi connectivity index (χ4n) is 6.46.